The van der Waals surface area contributed by atoms with E-state index >= 15 is 0 Å². The minimum Gasteiger partial charge on any atom is -0.444 e. The zero-order valence-corrected chi connectivity index (χ0v) is 10.2. The Morgan fingerprint density at radius 2 is 2.05 bits per heavy atom. The third kappa shape index (κ3) is 4.08. The van der Waals surface area contributed by atoms with Gasteiger partial charge in [0.25, 0.3) is 0 Å². The van der Waals surface area contributed by atoms with E-state index in [1.165, 1.54) is 6.20 Å². The number of anilines is 1. The monoisotopic (exact) mass is 258 g/mol. The van der Waals surface area contributed by atoms with E-state index < -0.39 is 6.09 Å². The van der Waals surface area contributed by atoms with Crippen molar-refractivity contribution < 1.29 is 14.6 Å². The van der Waals surface area contributed by atoms with Crippen LogP contribution < -0.4 is 5.32 Å². The fourth-order valence-electron chi connectivity index (χ4n) is 1.52. The Morgan fingerprint density at radius 1 is 1.26 bits per heavy atom. The quantitative estimate of drug-likeness (QED) is 0.882. The molecule has 5 nitrogen and oxygen atoms in total. The van der Waals surface area contributed by atoms with E-state index in [0.717, 1.165) is 5.56 Å². The van der Waals surface area contributed by atoms with Crippen molar-refractivity contribution in [1.29, 1.82) is 0 Å². The molecule has 0 saturated carbocycles. The third-order valence-electron chi connectivity index (χ3n) is 2.44. The summed E-state index contributed by atoms with van der Waals surface area (Å²) in [5, 5.41) is 11.5. The van der Waals surface area contributed by atoms with Crippen molar-refractivity contribution in [3.63, 3.8) is 0 Å². The van der Waals surface area contributed by atoms with E-state index in [0.29, 0.717) is 11.4 Å². The lowest BCUT2D eigenvalue weighted by atomic mass is 10.2. The number of aromatic nitrogens is 1. The molecule has 1 aromatic heterocycles. The molecule has 0 bridgehead atoms. The van der Waals surface area contributed by atoms with Gasteiger partial charge in [-0.15, -0.1) is 0 Å². The van der Waals surface area contributed by atoms with Gasteiger partial charge in [0.05, 0.1) is 12.3 Å². The molecular formula is C14H14N2O3. The Labute approximate surface area is 110 Å². The van der Waals surface area contributed by atoms with E-state index in [2.05, 4.69) is 10.3 Å². The SMILES string of the molecule is O=C(Nc1ccnc(CO)c1)OCc1ccccc1. The van der Waals surface area contributed by atoms with Crippen LogP contribution in [0.1, 0.15) is 11.3 Å². The number of amides is 1. The van der Waals surface area contributed by atoms with Crippen LogP contribution in [0.15, 0.2) is 48.7 Å². The second kappa shape index (κ2) is 6.51. The van der Waals surface area contributed by atoms with E-state index in [9.17, 15) is 4.79 Å². The molecule has 19 heavy (non-hydrogen) atoms. The number of nitrogens with zero attached hydrogens (tertiary/aromatic N) is 1. The average Bonchev–Trinajstić information content (AvgIpc) is 2.46. The maximum Gasteiger partial charge on any atom is 0.411 e. The van der Waals surface area contributed by atoms with Crippen molar-refractivity contribution in [3.8, 4) is 0 Å². The summed E-state index contributed by atoms with van der Waals surface area (Å²) in [6.45, 7) is 0.0409. The summed E-state index contributed by atoms with van der Waals surface area (Å²) in [6, 6.07) is 12.6. The zero-order chi connectivity index (χ0) is 13.5. The summed E-state index contributed by atoms with van der Waals surface area (Å²) in [5.41, 5.74) is 1.95. The minimum atomic E-state index is -0.543. The molecule has 0 saturated heterocycles. The van der Waals surface area contributed by atoms with Gasteiger partial charge in [-0.05, 0) is 17.7 Å². The van der Waals surface area contributed by atoms with Gasteiger partial charge in [-0.1, -0.05) is 30.3 Å². The summed E-state index contributed by atoms with van der Waals surface area (Å²) in [7, 11) is 0. The fourth-order valence-corrected chi connectivity index (χ4v) is 1.52. The van der Waals surface area contributed by atoms with Gasteiger partial charge >= 0.3 is 6.09 Å². The number of hydrogen-bond acceptors (Lipinski definition) is 4. The standard InChI is InChI=1S/C14H14N2O3/c17-9-13-8-12(6-7-15-13)16-14(18)19-10-11-4-2-1-3-5-11/h1-8,17H,9-10H2,(H,15,16,18). The zero-order valence-electron chi connectivity index (χ0n) is 10.2. The first-order valence-electron chi connectivity index (χ1n) is 5.81. The molecule has 0 aliphatic rings. The van der Waals surface area contributed by atoms with Gasteiger partial charge in [0.2, 0.25) is 0 Å². The number of ether oxygens (including phenoxy) is 1. The van der Waals surface area contributed by atoms with E-state index in [-0.39, 0.29) is 13.2 Å². The predicted octanol–water partition coefficient (Wildman–Crippen LogP) is 2.32. The summed E-state index contributed by atoms with van der Waals surface area (Å²) >= 11 is 0. The van der Waals surface area contributed by atoms with Gasteiger partial charge in [-0.3, -0.25) is 10.3 Å². The van der Waals surface area contributed by atoms with Crippen molar-refractivity contribution in [1.82, 2.24) is 4.98 Å². The second-order valence-corrected chi connectivity index (χ2v) is 3.88. The van der Waals surface area contributed by atoms with Crippen LogP contribution in [-0.4, -0.2) is 16.2 Å². The van der Waals surface area contributed by atoms with Crippen LogP contribution in [-0.2, 0) is 18.0 Å². The average molecular weight is 258 g/mol. The van der Waals surface area contributed by atoms with Crippen molar-refractivity contribution in [3.05, 3.63) is 59.9 Å². The van der Waals surface area contributed by atoms with Gasteiger partial charge in [-0.25, -0.2) is 4.79 Å². The lowest BCUT2D eigenvalue weighted by Crippen LogP contribution is -2.13. The highest BCUT2D eigenvalue weighted by Crippen LogP contribution is 2.09. The number of pyridine rings is 1. The Hall–Kier alpha value is -2.40. The molecule has 2 rings (SSSR count). The van der Waals surface area contributed by atoms with Crippen LogP contribution in [0, 0.1) is 0 Å². The summed E-state index contributed by atoms with van der Waals surface area (Å²) < 4.78 is 5.07. The number of nitrogens with one attached hydrogen (secondary N) is 1. The smallest absolute Gasteiger partial charge is 0.411 e. The van der Waals surface area contributed by atoms with Crippen LogP contribution >= 0.6 is 0 Å². The number of aliphatic hydroxyl groups excluding tert-OH is 1. The maximum absolute atomic E-state index is 11.6. The van der Waals surface area contributed by atoms with Crippen molar-refractivity contribution in [2.24, 2.45) is 0 Å². The fraction of sp³-hybridized carbons (Fsp3) is 0.143. The Morgan fingerprint density at radius 3 is 2.79 bits per heavy atom. The molecular weight excluding hydrogens is 244 g/mol. The van der Waals surface area contributed by atoms with Crippen molar-refractivity contribution in [2.45, 2.75) is 13.2 Å². The predicted molar refractivity (Wildman–Crippen MR) is 70.4 cm³/mol. The van der Waals surface area contributed by atoms with E-state index in [1.54, 1.807) is 12.1 Å². The molecule has 2 aromatic rings. The molecule has 2 N–H and O–H groups in total. The molecule has 0 unspecified atom stereocenters. The first-order chi connectivity index (χ1) is 9.28. The van der Waals surface area contributed by atoms with Crippen LogP contribution in [0.4, 0.5) is 10.5 Å². The Bertz CT molecular complexity index is 543. The molecule has 0 spiro atoms. The molecule has 0 atom stereocenters. The molecule has 0 aliphatic heterocycles. The van der Waals surface area contributed by atoms with Crippen LogP contribution in [0.3, 0.4) is 0 Å². The number of hydrogen-bond donors (Lipinski definition) is 2. The molecule has 98 valence electrons. The van der Waals surface area contributed by atoms with Gasteiger partial charge in [-0.2, -0.15) is 0 Å². The number of aliphatic hydroxyl groups is 1. The first kappa shape index (κ1) is 13.0. The number of carbonyl (C=O) groups excluding carboxylic acids is 1. The van der Waals surface area contributed by atoms with Crippen molar-refractivity contribution in [2.75, 3.05) is 5.32 Å². The minimum absolute atomic E-state index is 0.172. The van der Waals surface area contributed by atoms with Gasteiger partial charge in [0.1, 0.15) is 6.61 Å². The highest BCUT2D eigenvalue weighted by atomic mass is 16.5. The highest BCUT2D eigenvalue weighted by molar-refractivity contribution is 5.84. The second-order valence-electron chi connectivity index (χ2n) is 3.88. The topological polar surface area (TPSA) is 71.5 Å². The molecule has 1 amide bonds. The highest BCUT2D eigenvalue weighted by Gasteiger charge is 2.04. The van der Waals surface area contributed by atoms with Gasteiger partial charge in [0.15, 0.2) is 0 Å². The van der Waals surface area contributed by atoms with Crippen molar-refractivity contribution >= 4 is 11.8 Å². The summed E-state index contributed by atoms with van der Waals surface area (Å²) in [4.78, 5) is 15.5. The largest absolute Gasteiger partial charge is 0.444 e. The van der Waals surface area contributed by atoms with Gasteiger partial charge < -0.3 is 9.84 Å². The molecule has 0 radical (unpaired) electrons. The van der Waals surface area contributed by atoms with Crippen LogP contribution in [0.25, 0.3) is 0 Å². The number of carbonyl (C=O) groups is 1. The lowest BCUT2D eigenvalue weighted by molar-refractivity contribution is 0.155. The molecule has 0 fully saturated rings. The van der Waals surface area contributed by atoms with Crippen LogP contribution in [0.5, 0.6) is 0 Å². The molecule has 5 heteroatoms. The molecule has 0 aliphatic carbocycles. The van der Waals surface area contributed by atoms with Crippen LogP contribution in [0.2, 0.25) is 0 Å². The van der Waals surface area contributed by atoms with E-state index in [4.69, 9.17) is 9.84 Å². The molecule has 1 heterocycles. The number of rotatable bonds is 4. The summed E-state index contributed by atoms with van der Waals surface area (Å²) in [5.74, 6) is 0. The van der Waals surface area contributed by atoms with Gasteiger partial charge in [0, 0.05) is 11.9 Å². The Balaban J connectivity index is 1.87. The maximum atomic E-state index is 11.6. The first-order valence-corrected chi connectivity index (χ1v) is 5.81. The normalized spacial score (nSPS) is 9.95. The lowest BCUT2D eigenvalue weighted by Gasteiger charge is -2.07. The van der Waals surface area contributed by atoms with E-state index in [1.807, 2.05) is 30.3 Å². The summed E-state index contributed by atoms with van der Waals surface area (Å²) in [6.07, 6.45) is 0.970. The number of benzene rings is 1. The third-order valence-corrected chi connectivity index (χ3v) is 2.44. The Kier molecular flexibility index (Phi) is 4.47. The molecule has 1 aromatic carbocycles.